The molecule has 0 atom stereocenters. The first-order valence-corrected chi connectivity index (χ1v) is 5.72. The van der Waals surface area contributed by atoms with Crippen LogP contribution in [0, 0.1) is 4.77 Å². The highest BCUT2D eigenvalue weighted by molar-refractivity contribution is 7.71. The number of rotatable bonds is 2. The van der Waals surface area contributed by atoms with Crippen LogP contribution in [0.2, 0.25) is 0 Å². The van der Waals surface area contributed by atoms with E-state index in [0.717, 1.165) is 5.69 Å². The molecule has 18 heavy (non-hydrogen) atoms. The number of fused-ring (bicyclic) bond motifs is 1. The predicted molar refractivity (Wildman–Crippen MR) is 68.9 cm³/mol. The number of hydrogen-bond acceptors (Lipinski definition) is 4. The van der Waals surface area contributed by atoms with Gasteiger partial charge in [0.2, 0.25) is 0 Å². The Kier molecular flexibility index (Phi) is 2.52. The first-order valence-electron chi connectivity index (χ1n) is 5.32. The SMILES string of the molecule is O=c1[nH]c(=S)n(Cc2ccccn2)c2nc[nH]c12. The number of H-pyrrole nitrogens is 2. The van der Waals surface area contributed by atoms with Gasteiger partial charge in [-0.2, -0.15) is 0 Å². The maximum atomic E-state index is 11.6. The smallest absolute Gasteiger partial charge is 0.277 e. The molecule has 0 aliphatic heterocycles. The summed E-state index contributed by atoms with van der Waals surface area (Å²) in [4.78, 5) is 25.4. The molecule has 0 bridgehead atoms. The van der Waals surface area contributed by atoms with E-state index >= 15 is 0 Å². The van der Waals surface area contributed by atoms with Gasteiger partial charge in [-0.1, -0.05) is 6.07 Å². The molecule has 0 amide bonds. The molecule has 0 spiro atoms. The van der Waals surface area contributed by atoms with E-state index in [1.54, 1.807) is 10.8 Å². The minimum atomic E-state index is -0.259. The van der Waals surface area contributed by atoms with Crippen LogP contribution in [0.25, 0.3) is 11.2 Å². The van der Waals surface area contributed by atoms with Crippen molar-refractivity contribution in [2.75, 3.05) is 0 Å². The Hall–Kier alpha value is -2.28. The van der Waals surface area contributed by atoms with Gasteiger partial charge >= 0.3 is 0 Å². The Morgan fingerprint density at radius 1 is 1.33 bits per heavy atom. The molecule has 0 saturated heterocycles. The molecule has 3 rings (SSSR count). The predicted octanol–water partition coefficient (Wildman–Crippen LogP) is 1.23. The van der Waals surface area contributed by atoms with Crippen LogP contribution in [0.3, 0.4) is 0 Å². The van der Waals surface area contributed by atoms with E-state index in [2.05, 4.69) is 19.9 Å². The largest absolute Gasteiger partial charge is 0.339 e. The average molecular weight is 259 g/mol. The number of imidazole rings is 1. The van der Waals surface area contributed by atoms with Crippen molar-refractivity contribution in [2.24, 2.45) is 0 Å². The average Bonchev–Trinajstić information content (AvgIpc) is 2.85. The zero-order chi connectivity index (χ0) is 12.5. The third-order valence-corrected chi connectivity index (χ3v) is 2.94. The summed E-state index contributed by atoms with van der Waals surface area (Å²) in [5.74, 6) is 0. The van der Waals surface area contributed by atoms with Crippen molar-refractivity contribution in [3.05, 3.63) is 51.5 Å². The lowest BCUT2D eigenvalue weighted by molar-refractivity contribution is 0.753. The van der Waals surface area contributed by atoms with E-state index in [9.17, 15) is 4.79 Å². The third kappa shape index (κ3) is 1.74. The molecule has 0 fully saturated rings. The third-order valence-electron chi connectivity index (χ3n) is 2.61. The molecule has 0 aliphatic rings. The van der Waals surface area contributed by atoms with E-state index in [-0.39, 0.29) is 5.56 Å². The van der Waals surface area contributed by atoms with Crippen molar-refractivity contribution in [3.8, 4) is 0 Å². The first kappa shape index (κ1) is 10.8. The van der Waals surface area contributed by atoms with Gasteiger partial charge in [0, 0.05) is 6.20 Å². The number of nitrogens with zero attached hydrogens (tertiary/aromatic N) is 3. The van der Waals surface area contributed by atoms with E-state index in [4.69, 9.17) is 12.2 Å². The highest BCUT2D eigenvalue weighted by Gasteiger charge is 2.08. The van der Waals surface area contributed by atoms with Crippen molar-refractivity contribution >= 4 is 23.4 Å². The summed E-state index contributed by atoms with van der Waals surface area (Å²) >= 11 is 5.16. The van der Waals surface area contributed by atoms with Crippen LogP contribution < -0.4 is 5.56 Å². The Labute approximate surface area is 106 Å². The summed E-state index contributed by atoms with van der Waals surface area (Å²) < 4.78 is 2.08. The molecule has 0 saturated carbocycles. The summed E-state index contributed by atoms with van der Waals surface area (Å²) in [6, 6.07) is 5.64. The van der Waals surface area contributed by atoms with E-state index in [1.807, 2.05) is 18.2 Å². The lowest BCUT2D eigenvalue weighted by atomic mass is 10.3. The highest BCUT2D eigenvalue weighted by Crippen LogP contribution is 2.07. The number of hydrogen-bond donors (Lipinski definition) is 2. The van der Waals surface area contributed by atoms with Gasteiger partial charge in [0.15, 0.2) is 10.4 Å². The van der Waals surface area contributed by atoms with Gasteiger partial charge in [-0.05, 0) is 24.4 Å². The molecule has 6 nitrogen and oxygen atoms in total. The fraction of sp³-hybridized carbons (Fsp3) is 0.0909. The van der Waals surface area contributed by atoms with E-state index in [0.29, 0.717) is 22.5 Å². The normalized spacial score (nSPS) is 10.9. The second-order valence-corrected chi connectivity index (χ2v) is 4.15. The second kappa shape index (κ2) is 4.19. The second-order valence-electron chi connectivity index (χ2n) is 3.77. The summed E-state index contributed by atoms with van der Waals surface area (Å²) in [7, 11) is 0. The van der Waals surface area contributed by atoms with Crippen molar-refractivity contribution in [3.63, 3.8) is 0 Å². The Bertz CT molecular complexity index is 801. The highest BCUT2D eigenvalue weighted by atomic mass is 32.1. The van der Waals surface area contributed by atoms with Crippen LogP contribution in [0.5, 0.6) is 0 Å². The molecule has 3 heterocycles. The molecule has 0 unspecified atom stereocenters. The fourth-order valence-electron chi connectivity index (χ4n) is 1.78. The summed E-state index contributed by atoms with van der Waals surface area (Å²) in [5, 5.41) is 0. The lowest BCUT2D eigenvalue weighted by Gasteiger charge is -2.06. The van der Waals surface area contributed by atoms with E-state index < -0.39 is 0 Å². The van der Waals surface area contributed by atoms with Crippen LogP contribution in [-0.4, -0.2) is 24.5 Å². The standard InChI is InChI=1S/C11H9N5OS/c17-10-8-9(14-6-13-8)16(11(18)15-10)5-7-3-1-2-4-12-7/h1-4,6H,5H2,(H,13,14)(H,15,17,18). The van der Waals surface area contributed by atoms with Gasteiger partial charge in [0.1, 0.15) is 5.52 Å². The number of aromatic nitrogens is 5. The molecular formula is C11H9N5OS. The Morgan fingerprint density at radius 2 is 2.22 bits per heavy atom. The van der Waals surface area contributed by atoms with Gasteiger partial charge in [-0.25, -0.2) is 4.98 Å². The zero-order valence-corrected chi connectivity index (χ0v) is 10.1. The van der Waals surface area contributed by atoms with Crippen molar-refractivity contribution in [1.29, 1.82) is 0 Å². The van der Waals surface area contributed by atoms with Crippen LogP contribution >= 0.6 is 12.2 Å². The van der Waals surface area contributed by atoms with Crippen molar-refractivity contribution in [2.45, 2.75) is 6.54 Å². The quantitative estimate of drug-likeness (QED) is 0.678. The van der Waals surface area contributed by atoms with Crippen molar-refractivity contribution < 1.29 is 0 Å². The number of aromatic amines is 2. The minimum absolute atomic E-state index is 0.259. The lowest BCUT2D eigenvalue weighted by Crippen LogP contribution is -2.15. The monoisotopic (exact) mass is 259 g/mol. The molecule has 90 valence electrons. The van der Waals surface area contributed by atoms with Gasteiger partial charge in [0.05, 0.1) is 18.6 Å². The minimum Gasteiger partial charge on any atom is -0.339 e. The van der Waals surface area contributed by atoms with Gasteiger partial charge in [0.25, 0.3) is 5.56 Å². The van der Waals surface area contributed by atoms with Gasteiger partial charge in [-0.15, -0.1) is 0 Å². The van der Waals surface area contributed by atoms with Gasteiger partial charge in [-0.3, -0.25) is 19.3 Å². The zero-order valence-electron chi connectivity index (χ0n) is 9.25. The number of pyridine rings is 1. The topological polar surface area (TPSA) is 79.4 Å². The molecule has 0 aliphatic carbocycles. The Morgan fingerprint density at radius 3 is 3.00 bits per heavy atom. The maximum absolute atomic E-state index is 11.6. The summed E-state index contributed by atoms with van der Waals surface area (Å²) in [6.07, 6.45) is 3.19. The maximum Gasteiger partial charge on any atom is 0.277 e. The molecule has 3 aromatic rings. The number of nitrogens with one attached hydrogen (secondary N) is 2. The molecule has 2 N–H and O–H groups in total. The summed E-state index contributed by atoms with van der Waals surface area (Å²) in [5.41, 5.74) is 1.55. The van der Waals surface area contributed by atoms with Crippen molar-refractivity contribution in [1.82, 2.24) is 24.5 Å². The van der Waals surface area contributed by atoms with E-state index in [1.165, 1.54) is 6.33 Å². The van der Waals surface area contributed by atoms with Crippen LogP contribution in [-0.2, 0) is 6.54 Å². The van der Waals surface area contributed by atoms with Crippen LogP contribution in [0.15, 0.2) is 35.5 Å². The fourth-order valence-corrected chi connectivity index (χ4v) is 2.03. The Balaban J connectivity index is 2.21. The molecule has 7 heteroatoms. The molecular weight excluding hydrogens is 250 g/mol. The molecule has 3 aromatic heterocycles. The molecule has 0 radical (unpaired) electrons. The van der Waals surface area contributed by atoms with Crippen LogP contribution in [0.1, 0.15) is 5.69 Å². The molecule has 0 aromatic carbocycles. The first-order chi connectivity index (χ1) is 8.75. The van der Waals surface area contributed by atoms with Crippen LogP contribution in [0.4, 0.5) is 0 Å². The summed E-state index contributed by atoms with van der Waals surface area (Å²) in [6.45, 7) is 0.470. The van der Waals surface area contributed by atoms with Gasteiger partial charge < -0.3 is 4.98 Å².